The highest BCUT2D eigenvalue weighted by Gasteiger charge is 2.31. The van der Waals surface area contributed by atoms with E-state index in [0.717, 1.165) is 35.4 Å². The minimum atomic E-state index is -0.0897. The Bertz CT molecular complexity index is 1110. The molecule has 3 aromatic heterocycles. The lowest BCUT2D eigenvalue weighted by Gasteiger charge is -2.37. The Kier molecular flexibility index (Phi) is 3.71. The van der Waals surface area contributed by atoms with E-state index in [1.54, 1.807) is 29.2 Å². The van der Waals surface area contributed by atoms with Crippen molar-refractivity contribution in [2.24, 2.45) is 5.92 Å². The fourth-order valence-corrected chi connectivity index (χ4v) is 3.34. The molecule has 0 saturated carbocycles. The Morgan fingerprint density at radius 2 is 1.85 bits per heavy atom. The first kappa shape index (κ1) is 15.7. The molecule has 7 nitrogen and oxygen atoms in total. The van der Waals surface area contributed by atoms with Gasteiger partial charge in [-0.05, 0) is 30.3 Å². The Hall–Kier alpha value is -3.48. The van der Waals surface area contributed by atoms with Crippen molar-refractivity contribution in [3.05, 3.63) is 71.3 Å². The third-order valence-corrected chi connectivity index (χ3v) is 4.78. The van der Waals surface area contributed by atoms with E-state index < -0.39 is 0 Å². The van der Waals surface area contributed by atoms with Crippen LogP contribution in [0.3, 0.4) is 0 Å². The number of para-hydroxylation sites is 2. The van der Waals surface area contributed by atoms with E-state index in [-0.39, 0.29) is 5.56 Å². The van der Waals surface area contributed by atoms with Crippen LogP contribution in [0.2, 0.25) is 0 Å². The highest BCUT2D eigenvalue weighted by Crippen LogP contribution is 2.28. The van der Waals surface area contributed by atoms with Gasteiger partial charge in [0.15, 0.2) is 5.58 Å². The topological polar surface area (TPSA) is 77.1 Å². The first-order valence-corrected chi connectivity index (χ1v) is 8.85. The summed E-state index contributed by atoms with van der Waals surface area (Å²) in [6, 6.07) is 15.5. The summed E-state index contributed by atoms with van der Waals surface area (Å²) in [5, 5.41) is 4.52. The lowest BCUT2D eigenvalue weighted by Crippen LogP contribution is -2.49. The molecule has 1 aliphatic rings. The molecule has 5 rings (SSSR count). The average Bonchev–Trinajstić information content (AvgIpc) is 3.10. The largest absolute Gasteiger partial charge is 0.423 e. The van der Waals surface area contributed by atoms with Crippen LogP contribution in [0.4, 0.5) is 6.01 Å². The summed E-state index contributed by atoms with van der Waals surface area (Å²) < 4.78 is 7.34. The van der Waals surface area contributed by atoms with Gasteiger partial charge in [0.05, 0.1) is 12.2 Å². The lowest BCUT2D eigenvalue weighted by atomic mass is 10.0. The Balaban J connectivity index is 1.30. The zero-order valence-electron chi connectivity index (χ0n) is 14.5. The van der Waals surface area contributed by atoms with E-state index in [1.165, 1.54) is 0 Å². The van der Waals surface area contributed by atoms with Crippen molar-refractivity contribution in [3.8, 4) is 11.3 Å². The number of pyridine rings is 1. The molecule has 0 N–H and O–H groups in total. The fourth-order valence-electron chi connectivity index (χ4n) is 3.34. The van der Waals surface area contributed by atoms with Crippen molar-refractivity contribution < 1.29 is 4.42 Å². The third kappa shape index (κ3) is 2.97. The number of hydrogen-bond donors (Lipinski definition) is 0. The number of aromatic nitrogens is 4. The standard InChI is InChI=1S/C20H17N5O2/c26-19-6-5-16(15-7-9-21-10-8-15)23-25(19)13-14-11-24(12-14)20-22-17-3-1-2-4-18(17)27-20/h1-10,14H,11-13H2. The molecule has 27 heavy (non-hydrogen) atoms. The SMILES string of the molecule is O=c1ccc(-c2ccncc2)nn1CC1CN(c2nc3ccccc3o2)C1. The summed E-state index contributed by atoms with van der Waals surface area (Å²) in [5.74, 6) is 0.331. The van der Waals surface area contributed by atoms with Crippen LogP contribution in [0.1, 0.15) is 0 Å². The van der Waals surface area contributed by atoms with Crippen molar-refractivity contribution in [3.63, 3.8) is 0 Å². The molecule has 0 bridgehead atoms. The van der Waals surface area contributed by atoms with E-state index in [1.807, 2.05) is 36.4 Å². The summed E-state index contributed by atoms with van der Waals surface area (Å²) in [4.78, 5) is 22.8. The van der Waals surface area contributed by atoms with Gasteiger partial charge in [-0.2, -0.15) is 10.1 Å². The number of fused-ring (bicyclic) bond motifs is 1. The van der Waals surface area contributed by atoms with Crippen LogP contribution in [-0.4, -0.2) is 32.8 Å². The van der Waals surface area contributed by atoms with E-state index in [2.05, 4.69) is 20.0 Å². The molecule has 1 aromatic carbocycles. The Labute approximate surface area is 154 Å². The van der Waals surface area contributed by atoms with Gasteiger partial charge in [0.25, 0.3) is 11.6 Å². The van der Waals surface area contributed by atoms with Gasteiger partial charge in [-0.15, -0.1) is 0 Å². The van der Waals surface area contributed by atoms with Crippen LogP contribution in [0.5, 0.6) is 0 Å². The number of nitrogens with zero attached hydrogens (tertiary/aromatic N) is 5. The molecule has 0 atom stereocenters. The maximum absolute atomic E-state index is 12.2. The summed E-state index contributed by atoms with van der Waals surface area (Å²) in [6.07, 6.45) is 3.44. The lowest BCUT2D eigenvalue weighted by molar-refractivity contribution is 0.319. The van der Waals surface area contributed by atoms with Crippen molar-refractivity contribution in [2.45, 2.75) is 6.54 Å². The van der Waals surface area contributed by atoms with Gasteiger partial charge < -0.3 is 9.32 Å². The number of oxazole rings is 1. The summed E-state index contributed by atoms with van der Waals surface area (Å²) in [6.45, 7) is 2.16. The van der Waals surface area contributed by atoms with Crippen molar-refractivity contribution in [2.75, 3.05) is 18.0 Å². The summed E-state index contributed by atoms with van der Waals surface area (Å²) >= 11 is 0. The zero-order valence-corrected chi connectivity index (χ0v) is 14.5. The van der Waals surface area contributed by atoms with Gasteiger partial charge in [-0.1, -0.05) is 12.1 Å². The normalized spacial score (nSPS) is 14.4. The predicted octanol–water partition coefficient (Wildman–Crippen LogP) is 2.58. The van der Waals surface area contributed by atoms with Gasteiger partial charge in [0.1, 0.15) is 5.52 Å². The highest BCUT2D eigenvalue weighted by molar-refractivity contribution is 5.74. The number of rotatable bonds is 4. The van der Waals surface area contributed by atoms with Gasteiger partial charge >= 0.3 is 0 Å². The van der Waals surface area contributed by atoms with Gasteiger partial charge in [0, 0.05) is 43.0 Å². The van der Waals surface area contributed by atoms with Crippen molar-refractivity contribution in [1.82, 2.24) is 19.7 Å². The molecule has 0 spiro atoms. The molecular weight excluding hydrogens is 342 g/mol. The van der Waals surface area contributed by atoms with Crippen LogP contribution >= 0.6 is 0 Å². The van der Waals surface area contributed by atoms with Gasteiger partial charge in [-0.25, -0.2) is 4.68 Å². The Morgan fingerprint density at radius 1 is 1.04 bits per heavy atom. The van der Waals surface area contributed by atoms with E-state index in [0.29, 0.717) is 18.5 Å². The number of benzene rings is 1. The van der Waals surface area contributed by atoms with Crippen molar-refractivity contribution in [1.29, 1.82) is 0 Å². The summed E-state index contributed by atoms with van der Waals surface area (Å²) in [5.41, 5.74) is 3.28. The molecule has 7 heteroatoms. The second kappa shape index (κ2) is 6.35. The molecule has 1 aliphatic heterocycles. The van der Waals surface area contributed by atoms with Crippen molar-refractivity contribution >= 4 is 17.1 Å². The quantitative estimate of drug-likeness (QED) is 0.557. The number of anilines is 1. The molecule has 1 saturated heterocycles. The van der Waals surface area contributed by atoms with E-state index >= 15 is 0 Å². The van der Waals surface area contributed by atoms with Crippen LogP contribution in [-0.2, 0) is 6.54 Å². The van der Waals surface area contributed by atoms with Crippen LogP contribution in [0.25, 0.3) is 22.4 Å². The molecule has 134 valence electrons. The van der Waals surface area contributed by atoms with E-state index in [9.17, 15) is 4.79 Å². The fraction of sp³-hybridized carbons (Fsp3) is 0.200. The Morgan fingerprint density at radius 3 is 2.67 bits per heavy atom. The molecular formula is C20H17N5O2. The molecule has 4 heterocycles. The van der Waals surface area contributed by atoms with Crippen LogP contribution in [0, 0.1) is 5.92 Å². The highest BCUT2D eigenvalue weighted by atomic mass is 16.4. The average molecular weight is 359 g/mol. The smallest absolute Gasteiger partial charge is 0.298 e. The molecule has 0 aliphatic carbocycles. The molecule has 0 amide bonds. The van der Waals surface area contributed by atoms with Gasteiger partial charge in [-0.3, -0.25) is 9.78 Å². The molecule has 0 radical (unpaired) electrons. The maximum Gasteiger partial charge on any atom is 0.298 e. The second-order valence-corrected chi connectivity index (χ2v) is 6.71. The third-order valence-electron chi connectivity index (χ3n) is 4.78. The van der Waals surface area contributed by atoms with Gasteiger partial charge in [0.2, 0.25) is 0 Å². The first-order valence-electron chi connectivity index (χ1n) is 8.85. The minimum Gasteiger partial charge on any atom is -0.423 e. The predicted molar refractivity (Wildman–Crippen MR) is 101 cm³/mol. The first-order chi connectivity index (χ1) is 13.3. The molecule has 1 fully saturated rings. The zero-order chi connectivity index (χ0) is 18.2. The summed E-state index contributed by atoms with van der Waals surface area (Å²) in [7, 11) is 0. The number of hydrogen-bond acceptors (Lipinski definition) is 6. The monoisotopic (exact) mass is 359 g/mol. The minimum absolute atomic E-state index is 0.0897. The van der Waals surface area contributed by atoms with E-state index in [4.69, 9.17) is 4.42 Å². The molecule has 4 aromatic rings. The maximum atomic E-state index is 12.2. The van der Waals surface area contributed by atoms with Crippen LogP contribution < -0.4 is 10.5 Å². The van der Waals surface area contributed by atoms with Crippen LogP contribution in [0.15, 0.2) is 70.1 Å². The second-order valence-electron chi connectivity index (χ2n) is 6.71. The molecule has 0 unspecified atom stereocenters.